The Kier molecular flexibility index (Phi) is 4.04. The van der Waals surface area contributed by atoms with Gasteiger partial charge in [-0.05, 0) is 24.1 Å². The number of carbonyl (C=O) groups excluding carboxylic acids is 1. The Hall–Kier alpha value is -1.75. The van der Waals surface area contributed by atoms with Crippen molar-refractivity contribution >= 4 is 5.91 Å². The van der Waals surface area contributed by atoms with E-state index in [4.69, 9.17) is 15.2 Å². The van der Waals surface area contributed by atoms with E-state index < -0.39 is 6.04 Å². The molecule has 5 heteroatoms. The van der Waals surface area contributed by atoms with Gasteiger partial charge in [-0.15, -0.1) is 0 Å². The molecule has 2 rings (SSSR count). The van der Waals surface area contributed by atoms with Crippen LogP contribution in [0.2, 0.25) is 0 Å². The van der Waals surface area contributed by atoms with Crippen LogP contribution >= 0.6 is 0 Å². The summed E-state index contributed by atoms with van der Waals surface area (Å²) in [5, 5.41) is 2.80. The Labute approximate surface area is 106 Å². The number of hydrogen-bond donors (Lipinski definition) is 2. The average Bonchev–Trinajstić information content (AvgIpc) is 2.43. The lowest BCUT2D eigenvalue weighted by molar-refractivity contribution is -0.122. The molecule has 98 valence electrons. The Balaban J connectivity index is 1.96. The lowest BCUT2D eigenvalue weighted by atomic mass is 10.1. The highest BCUT2D eigenvalue weighted by Gasteiger charge is 2.13. The van der Waals surface area contributed by atoms with E-state index in [0.29, 0.717) is 26.2 Å². The van der Waals surface area contributed by atoms with E-state index in [-0.39, 0.29) is 5.91 Å². The molecule has 1 heterocycles. The number of fused-ring (bicyclic) bond motifs is 1. The molecule has 0 bridgehead atoms. The number of amides is 1. The molecule has 0 saturated carbocycles. The van der Waals surface area contributed by atoms with Crippen molar-refractivity contribution in [3.63, 3.8) is 0 Å². The summed E-state index contributed by atoms with van der Waals surface area (Å²) in [4.78, 5) is 11.5. The second-order valence-corrected chi connectivity index (χ2v) is 4.21. The van der Waals surface area contributed by atoms with Crippen molar-refractivity contribution in [1.29, 1.82) is 0 Å². The minimum atomic E-state index is -0.442. The first-order valence-corrected chi connectivity index (χ1v) is 6.12. The van der Waals surface area contributed by atoms with E-state index in [1.165, 1.54) is 0 Å². The van der Waals surface area contributed by atoms with Crippen molar-refractivity contribution < 1.29 is 14.3 Å². The summed E-state index contributed by atoms with van der Waals surface area (Å²) in [6, 6.07) is 5.20. The standard InChI is InChI=1S/C13H18N2O3/c1-2-10(14)13(16)15-8-9-3-4-11-12(7-9)18-6-5-17-11/h3-4,7,10H,2,5-6,8,14H2,1H3,(H,15,16). The van der Waals surface area contributed by atoms with Gasteiger partial charge in [0.25, 0.3) is 0 Å². The number of nitrogens with one attached hydrogen (secondary N) is 1. The first-order valence-electron chi connectivity index (χ1n) is 6.12. The predicted molar refractivity (Wildman–Crippen MR) is 67.5 cm³/mol. The topological polar surface area (TPSA) is 73.6 Å². The monoisotopic (exact) mass is 250 g/mol. The fraction of sp³-hybridized carbons (Fsp3) is 0.462. The largest absolute Gasteiger partial charge is 0.486 e. The Morgan fingerprint density at radius 3 is 2.83 bits per heavy atom. The molecule has 0 spiro atoms. The normalized spacial score (nSPS) is 15.0. The average molecular weight is 250 g/mol. The maximum Gasteiger partial charge on any atom is 0.237 e. The summed E-state index contributed by atoms with van der Waals surface area (Å²) in [6.45, 7) is 3.47. The highest BCUT2D eigenvalue weighted by molar-refractivity contribution is 5.81. The third kappa shape index (κ3) is 2.92. The van der Waals surface area contributed by atoms with Crippen LogP contribution in [-0.4, -0.2) is 25.2 Å². The van der Waals surface area contributed by atoms with Crippen molar-refractivity contribution in [1.82, 2.24) is 5.32 Å². The number of benzene rings is 1. The zero-order valence-electron chi connectivity index (χ0n) is 10.4. The SMILES string of the molecule is CCC(N)C(=O)NCc1ccc2c(c1)OCCO2. The minimum absolute atomic E-state index is 0.132. The van der Waals surface area contributed by atoms with Crippen molar-refractivity contribution in [2.45, 2.75) is 25.9 Å². The van der Waals surface area contributed by atoms with Crippen molar-refractivity contribution in [3.05, 3.63) is 23.8 Å². The number of rotatable bonds is 4. The predicted octanol–water partition coefficient (Wildman–Crippen LogP) is 0.811. The zero-order valence-corrected chi connectivity index (χ0v) is 10.4. The molecule has 5 nitrogen and oxygen atoms in total. The number of nitrogens with two attached hydrogens (primary N) is 1. The fourth-order valence-electron chi connectivity index (χ4n) is 1.70. The minimum Gasteiger partial charge on any atom is -0.486 e. The molecule has 3 N–H and O–H groups in total. The Morgan fingerprint density at radius 1 is 1.39 bits per heavy atom. The summed E-state index contributed by atoms with van der Waals surface area (Å²) < 4.78 is 10.9. The van der Waals surface area contributed by atoms with E-state index in [1.54, 1.807) is 0 Å². The van der Waals surface area contributed by atoms with Crippen LogP contribution in [0, 0.1) is 0 Å². The quantitative estimate of drug-likeness (QED) is 0.829. The highest BCUT2D eigenvalue weighted by Crippen LogP contribution is 2.30. The molecule has 0 fully saturated rings. The summed E-state index contributed by atoms with van der Waals surface area (Å²) >= 11 is 0. The van der Waals surface area contributed by atoms with Gasteiger partial charge < -0.3 is 20.5 Å². The van der Waals surface area contributed by atoms with Crippen LogP contribution in [0.4, 0.5) is 0 Å². The van der Waals surface area contributed by atoms with Crippen LogP contribution in [0.25, 0.3) is 0 Å². The second kappa shape index (κ2) is 5.73. The number of hydrogen-bond acceptors (Lipinski definition) is 4. The van der Waals surface area contributed by atoms with Gasteiger partial charge in [0.2, 0.25) is 5.91 Å². The second-order valence-electron chi connectivity index (χ2n) is 4.21. The van der Waals surface area contributed by atoms with Gasteiger partial charge in [0.05, 0.1) is 6.04 Å². The molecule has 18 heavy (non-hydrogen) atoms. The molecule has 1 aromatic rings. The third-order valence-corrected chi connectivity index (χ3v) is 2.85. The van der Waals surface area contributed by atoms with Crippen LogP contribution in [-0.2, 0) is 11.3 Å². The summed E-state index contributed by atoms with van der Waals surface area (Å²) in [5.74, 6) is 1.35. The molecular formula is C13H18N2O3. The van der Waals surface area contributed by atoms with Gasteiger partial charge in [0.1, 0.15) is 13.2 Å². The van der Waals surface area contributed by atoms with Crippen LogP contribution in [0.3, 0.4) is 0 Å². The molecule has 1 unspecified atom stereocenters. The van der Waals surface area contributed by atoms with Gasteiger partial charge in [0.15, 0.2) is 11.5 Å². The lowest BCUT2D eigenvalue weighted by Gasteiger charge is -2.19. The first kappa shape index (κ1) is 12.7. The summed E-state index contributed by atoms with van der Waals surface area (Å²) in [7, 11) is 0. The first-order chi connectivity index (χ1) is 8.70. The smallest absolute Gasteiger partial charge is 0.237 e. The van der Waals surface area contributed by atoms with Crippen LogP contribution < -0.4 is 20.5 Å². The van der Waals surface area contributed by atoms with E-state index in [2.05, 4.69) is 5.32 Å². The maximum atomic E-state index is 11.5. The van der Waals surface area contributed by atoms with E-state index in [0.717, 1.165) is 17.1 Å². The number of carbonyl (C=O) groups is 1. The van der Waals surface area contributed by atoms with Crippen LogP contribution in [0.5, 0.6) is 11.5 Å². The van der Waals surface area contributed by atoms with E-state index >= 15 is 0 Å². The highest BCUT2D eigenvalue weighted by atomic mass is 16.6. The molecule has 0 aliphatic carbocycles. The van der Waals surface area contributed by atoms with Crippen LogP contribution in [0.1, 0.15) is 18.9 Å². The van der Waals surface area contributed by atoms with Gasteiger partial charge in [0, 0.05) is 6.54 Å². The number of ether oxygens (including phenoxy) is 2. The van der Waals surface area contributed by atoms with Gasteiger partial charge in [-0.3, -0.25) is 4.79 Å². The van der Waals surface area contributed by atoms with Crippen LogP contribution in [0.15, 0.2) is 18.2 Å². The molecule has 1 aliphatic rings. The van der Waals surface area contributed by atoms with Gasteiger partial charge in [-0.1, -0.05) is 13.0 Å². The van der Waals surface area contributed by atoms with Crippen molar-refractivity contribution in [2.24, 2.45) is 5.73 Å². The Bertz CT molecular complexity index is 434. The van der Waals surface area contributed by atoms with E-state index in [9.17, 15) is 4.79 Å². The molecule has 1 aromatic carbocycles. The molecular weight excluding hydrogens is 232 g/mol. The fourth-order valence-corrected chi connectivity index (χ4v) is 1.70. The zero-order chi connectivity index (χ0) is 13.0. The molecule has 1 amide bonds. The maximum absolute atomic E-state index is 11.5. The molecule has 1 aliphatic heterocycles. The Morgan fingerprint density at radius 2 is 2.11 bits per heavy atom. The van der Waals surface area contributed by atoms with E-state index in [1.807, 2.05) is 25.1 Å². The molecule has 0 aromatic heterocycles. The van der Waals surface area contributed by atoms with Crippen molar-refractivity contribution in [2.75, 3.05) is 13.2 Å². The summed E-state index contributed by atoms with van der Waals surface area (Å²) in [5.41, 5.74) is 6.60. The van der Waals surface area contributed by atoms with Gasteiger partial charge in [-0.25, -0.2) is 0 Å². The van der Waals surface area contributed by atoms with Gasteiger partial charge >= 0.3 is 0 Å². The molecule has 0 saturated heterocycles. The van der Waals surface area contributed by atoms with Crippen molar-refractivity contribution in [3.8, 4) is 11.5 Å². The molecule has 0 radical (unpaired) electrons. The summed E-state index contributed by atoms with van der Waals surface area (Å²) in [6.07, 6.45) is 0.632. The molecule has 1 atom stereocenters. The van der Waals surface area contributed by atoms with Gasteiger partial charge in [-0.2, -0.15) is 0 Å². The lowest BCUT2D eigenvalue weighted by Crippen LogP contribution is -2.39. The third-order valence-electron chi connectivity index (χ3n) is 2.85.